The Morgan fingerprint density at radius 3 is 1.48 bits per heavy atom. The van der Waals surface area contributed by atoms with Crippen LogP contribution in [0, 0.1) is 0 Å². The molecule has 12 nitrogen and oxygen atoms in total. The van der Waals surface area contributed by atoms with E-state index >= 15 is 0 Å². The Hall–Kier alpha value is -5.62. The van der Waals surface area contributed by atoms with E-state index in [-0.39, 0.29) is 35.1 Å². The molecular weight excluding hydrogens is 1050 g/mol. The molecule has 8 rings (SSSR count). The monoisotopic (exact) mass is 1120 g/mol. The highest BCUT2D eigenvalue weighted by Gasteiger charge is 2.33. The zero-order valence-electron chi connectivity index (χ0n) is 45.6. The first-order chi connectivity index (χ1) is 36.5. The largest absolute Gasteiger partial charge is 0.482 e. The third-order valence-corrected chi connectivity index (χ3v) is 18.0. The number of carbonyl (C=O) groups excluding carboxylic acids is 2. The predicted molar refractivity (Wildman–Crippen MR) is 309 cm³/mol. The molecule has 1 N–H and O–H groups in total. The van der Waals surface area contributed by atoms with Gasteiger partial charge in [0.2, 0.25) is 20.0 Å². The fourth-order valence-corrected chi connectivity index (χ4v) is 13.1. The lowest BCUT2D eigenvalue weighted by Gasteiger charge is -2.29. The molecule has 410 valence electrons. The van der Waals surface area contributed by atoms with E-state index in [0.717, 1.165) is 92.8 Å². The van der Waals surface area contributed by atoms with Gasteiger partial charge in [-0.2, -0.15) is 4.31 Å². The third-order valence-electron chi connectivity index (χ3n) is 13.2. The van der Waals surface area contributed by atoms with Gasteiger partial charge in [-0.3, -0.25) is 0 Å². The van der Waals surface area contributed by atoms with Crippen molar-refractivity contribution in [1.29, 1.82) is 0 Å². The Balaban J connectivity index is 0.000000224. The summed E-state index contributed by atoms with van der Waals surface area (Å²) in [6.07, 6.45) is 10.5. The molecule has 16 heteroatoms. The molecule has 2 unspecified atom stereocenters. The second-order valence-electron chi connectivity index (χ2n) is 21.1. The molecule has 0 amide bonds. The first-order valence-electron chi connectivity index (χ1n) is 26.0. The summed E-state index contributed by atoms with van der Waals surface area (Å²) in [5.41, 5.74) is 6.55. The van der Waals surface area contributed by atoms with E-state index in [1.807, 2.05) is 139 Å². The van der Waals surface area contributed by atoms with Crippen LogP contribution in [-0.2, 0) is 52.0 Å². The number of hydrogen-bond donors (Lipinski definition) is 1. The van der Waals surface area contributed by atoms with Gasteiger partial charge >= 0.3 is 11.9 Å². The number of rotatable bonds is 16. The van der Waals surface area contributed by atoms with Crippen LogP contribution in [0.5, 0.6) is 11.5 Å². The Bertz CT molecular complexity index is 3220. The summed E-state index contributed by atoms with van der Waals surface area (Å²) in [6, 6.07) is 41.0. The first-order valence-corrected chi connectivity index (χ1v) is 31.3. The van der Waals surface area contributed by atoms with Crippen LogP contribution < -0.4 is 14.2 Å². The van der Waals surface area contributed by atoms with Crippen LogP contribution in [-0.4, -0.2) is 77.1 Å². The summed E-state index contributed by atoms with van der Waals surface area (Å²) in [6.45, 7) is 10.5. The Kier molecular flexibility index (Phi) is 19.9. The van der Waals surface area contributed by atoms with Crippen LogP contribution >= 0.6 is 23.5 Å². The molecule has 2 aliphatic carbocycles. The summed E-state index contributed by atoms with van der Waals surface area (Å²) in [4.78, 5) is 27.2. The fraction of sp³-hybridized carbons (Fsp3) is 0.377. The zero-order valence-corrected chi connectivity index (χ0v) is 48.9. The van der Waals surface area contributed by atoms with E-state index in [2.05, 4.69) is 29.0 Å². The fourth-order valence-electron chi connectivity index (χ4n) is 9.57. The number of carbonyl (C=O) groups is 2. The van der Waals surface area contributed by atoms with Crippen molar-refractivity contribution < 1.29 is 45.4 Å². The molecule has 6 aromatic rings. The average molecular weight is 1120 g/mol. The molecule has 77 heavy (non-hydrogen) atoms. The number of nitrogens with zero attached hydrogens (tertiary/aromatic N) is 1. The smallest absolute Gasteiger partial charge is 0.344 e. The zero-order chi connectivity index (χ0) is 55.5. The number of nitrogens with one attached hydrogen (secondary N) is 1. The molecule has 0 fully saturated rings. The molecule has 0 heterocycles. The van der Waals surface area contributed by atoms with Crippen molar-refractivity contribution in [1.82, 2.24) is 9.03 Å². The molecule has 0 radical (unpaired) electrons. The first kappa shape index (κ1) is 59.0. The van der Waals surface area contributed by atoms with E-state index in [1.165, 1.54) is 4.31 Å². The van der Waals surface area contributed by atoms with E-state index in [1.54, 1.807) is 54.8 Å². The molecule has 2 aliphatic rings. The molecule has 2 atom stereocenters. The number of hydrogen-bond acceptors (Lipinski definition) is 12. The number of ether oxygens (including phenoxy) is 4. The van der Waals surface area contributed by atoms with Gasteiger partial charge in [-0.15, -0.1) is 23.5 Å². The van der Waals surface area contributed by atoms with E-state index < -0.39 is 43.2 Å². The quantitative estimate of drug-likeness (QED) is 0.0557. The highest BCUT2D eigenvalue weighted by molar-refractivity contribution is 7.98. The van der Waals surface area contributed by atoms with Gasteiger partial charge in [0.05, 0.1) is 15.8 Å². The average Bonchev–Trinajstić information content (AvgIpc) is 3.76. The minimum Gasteiger partial charge on any atom is -0.482 e. The number of fused-ring (bicyclic) bond motifs is 2. The molecular formula is C61H72N2O10S4. The van der Waals surface area contributed by atoms with Gasteiger partial charge in [-0.1, -0.05) is 85.6 Å². The summed E-state index contributed by atoms with van der Waals surface area (Å²) < 4.78 is 81.2. The van der Waals surface area contributed by atoms with Crippen LogP contribution in [0.3, 0.4) is 0 Å². The minimum atomic E-state index is -3.76. The number of thioether (sulfide) groups is 2. The molecule has 0 aliphatic heterocycles. The normalized spacial score (nSPS) is 15.9. The van der Waals surface area contributed by atoms with E-state index in [9.17, 15) is 26.4 Å². The van der Waals surface area contributed by atoms with Crippen LogP contribution in [0.15, 0.2) is 153 Å². The second kappa shape index (κ2) is 25.9. The Morgan fingerprint density at radius 2 is 1.00 bits per heavy atom. The van der Waals surface area contributed by atoms with Crippen LogP contribution in [0.1, 0.15) is 114 Å². The van der Waals surface area contributed by atoms with Gasteiger partial charge in [0.15, 0.2) is 13.2 Å². The van der Waals surface area contributed by atoms with Crippen LogP contribution in [0.25, 0.3) is 22.3 Å². The van der Waals surface area contributed by atoms with Crippen molar-refractivity contribution in [2.24, 2.45) is 0 Å². The molecule has 0 saturated heterocycles. The van der Waals surface area contributed by atoms with Gasteiger partial charge in [0.1, 0.15) is 22.7 Å². The maximum atomic E-state index is 13.8. The van der Waals surface area contributed by atoms with Crippen LogP contribution in [0.2, 0.25) is 0 Å². The summed E-state index contributed by atoms with van der Waals surface area (Å²) in [7, 11) is -5.86. The molecule has 0 saturated carbocycles. The maximum absolute atomic E-state index is 13.8. The lowest BCUT2D eigenvalue weighted by molar-refractivity contribution is -0.158. The van der Waals surface area contributed by atoms with Gasteiger partial charge in [-0.05, 0) is 198 Å². The molecule has 0 spiro atoms. The summed E-state index contributed by atoms with van der Waals surface area (Å²) in [5, 5.41) is 0. The van der Waals surface area contributed by atoms with Crippen molar-refractivity contribution in [2.75, 3.05) is 32.8 Å². The molecule has 0 bridgehead atoms. The molecule has 0 aromatic heterocycles. The van der Waals surface area contributed by atoms with Crippen LogP contribution in [0.4, 0.5) is 0 Å². The summed E-state index contributed by atoms with van der Waals surface area (Å²) >= 11 is 3.34. The SMILES string of the molecule is CSc1cccc(-c2ccc(S(=O)(=O)N(C)C3CCCCc4c(OCC(=O)OC(C)(C)C)cccc43)cc2)c1.CSc1cccc(-c2ccc(S(=O)(=O)NC3CCCCc4c(OCC(=O)OC(C)(C)C)cccc43)cc2)c1. The maximum Gasteiger partial charge on any atom is 0.344 e. The Morgan fingerprint density at radius 1 is 0.558 bits per heavy atom. The van der Waals surface area contributed by atoms with Crippen molar-refractivity contribution in [3.63, 3.8) is 0 Å². The highest BCUT2D eigenvalue weighted by atomic mass is 32.2. The number of benzene rings is 6. The Labute approximate surface area is 465 Å². The second-order valence-corrected chi connectivity index (χ2v) is 26.6. The standard InChI is InChI=1S/C31H37NO5S2.C30H35NO5S2/c1-31(2,3)37-30(33)21-36-29-15-9-13-26-27(29)12-6-7-14-28(26)32(4)39(34,35)25-18-16-22(17-19-25)23-10-8-11-24(20-23)38-5;1-30(2,3)36-29(32)20-35-28-14-8-12-25-26(28)11-5-6-13-27(25)31-38(33,34)24-17-15-21(16-18-24)22-9-7-10-23(19-22)37-4/h8-11,13,15-20,28H,6-7,12,14,21H2,1-5H3;7-10,12,14-19,27,31H,5-6,11,13,20H2,1-4H3. The topological polar surface area (TPSA) is 155 Å². The minimum absolute atomic E-state index is 0.196. The summed E-state index contributed by atoms with van der Waals surface area (Å²) in [5.74, 6) is 0.322. The predicted octanol–water partition coefficient (Wildman–Crippen LogP) is 13.4. The lowest BCUT2D eigenvalue weighted by atomic mass is 9.98. The lowest BCUT2D eigenvalue weighted by Crippen LogP contribution is -2.31. The van der Waals surface area contributed by atoms with Crippen molar-refractivity contribution in [3.05, 3.63) is 156 Å². The number of sulfonamides is 2. The van der Waals surface area contributed by atoms with Gasteiger partial charge in [0.25, 0.3) is 0 Å². The number of esters is 2. The van der Waals surface area contributed by atoms with Crippen molar-refractivity contribution in [3.8, 4) is 33.8 Å². The third kappa shape index (κ3) is 16.0. The highest BCUT2D eigenvalue weighted by Crippen LogP contribution is 2.40. The van der Waals surface area contributed by atoms with Gasteiger partial charge in [0, 0.05) is 22.9 Å². The molecule has 6 aromatic carbocycles. The van der Waals surface area contributed by atoms with Gasteiger partial charge in [-0.25, -0.2) is 31.1 Å². The van der Waals surface area contributed by atoms with Crippen molar-refractivity contribution >= 4 is 55.5 Å². The van der Waals surface area contributed by atoms with Gasteiger partial charge < -0.3 is 18.9 Å². The van der Waals surface area contributed by atoms with E-state index in [0.29, 0.717) is 24.3 Å². The van der Waals surface area contributed by atoms with Crippen molar-refractivity contribution in [2.45, 2.75) is 136 Å². The van der Waals surface area contributed by atoms with E-state index in [4.69, 9.17) is 18.9 Å².